The molecule has 0 fully saturated rings. The molecule has 1 aliphatic rings. The molecule has 126 valence electrons. The average Bonchev–Trinajstić information content (AvgIpc) is 2.72. The number of rotatable bonds is 1. The third kappa shape index (κ3) is 2.85. The van der Waals surface area contributed by atoms with Gasteiger partial charge in [0.15, 0.2) is 0 Å². The molecule has 0 radical (unpaired) electrons. The molecule has 25 heavy (non-hydrogen) atoms. The topological polar surface area (TPSA) is 64.4 Å². The Morgan fingerprint density at radius 1 is 1.24 bits per heavy atom. The van der Waals surface area contributed by atoms with E-state index in [1.165, 1.54) is 17.0 Å². The van der Waals surface area contributed by atoms with Gasteiger partial charge >= 0.3 is 0 Å². The molecule has 3 rings (SSSR count). The van der Waals surface area contributed by atoms with E-state index in [1.807, 2.05) is 0 Å². The second-order valence-electron chi connectivity index (χ2n) is 6.01. The maximum absolute atomic E-state index is 13.5. The van der Waals surface area contributed by atoms with Gasteiger partial charge < -0.3 is 9.80 Å². The van der Waals surface area contributed by atoms with Crippen LogP contribution in [0.15, 0.2) is 42.5 Å². The lowest BCUT2D eigenvalue weighted by Gasteiger charge is -2.24. The number of para-hydroxylation sites is 2. The minimum Gasteiger partial charge on any atom is -0.313 e. The molecule has 1 aliphatic heterocycles. The molecular weight excluding hydrogens is 321 g/mol. The largest absolute Gasteiger partial charge is 0.313 e. The number of anilines is 2. The van der Waals surface area contributed by atoms with Crippen molar-refractivity contribution >= 4 is 23.2 Å². The summed E-state index contributed by atoms with van der Waals surface area (Å²) in [5, 5.41) is 8.98. The van der Waals surface area contributed by atoms with Gasteiger partial charge in [-0.1, -0.05) is 19.1 Å². The highest BCUT2D eigenvalue weighted by atomic mass is 19.1. The Morgan fingerprint density at radius 3 is 2.60 bits per heavy atom. The summed E-state index contributed by atoms with van der Waals surface area (Å²) in [6.45, 7) is 1.97. The summed E-state index contributed by atoms with van der Waals surface area (Å²) < 4.78 is 13.5. The van der Waals surface area contributed by atoms with Crippen LogP contribution in [0.4, 0.5) is 15.8 Å². The van der Waals surface area contributed by atoms with Gasteiger partial charge in [0, 0.05) is 19.2 Å². The van der Waals surface area contributed by atoms with Crippen molar-refractivity contribution < 1.29 is 14.0 Å². The number of nitriles is 1. The summed E-state index contributed by atoms with van der Waals surface area (Å²) in [5.74, 6) is -1.52. The third-order valence-electron chi connectivity index (χ3n) is 4.32. The van der Waals surface area contributed by atoms with Gasteiger partial charge in [-0.05, 0) is 30.3 Å². The maximum Gasteiger partial charge on any atom is 0.258 e. The van der Waals surface area contributed by atoms with Crippen molar-refractivity contribution in [3.63, 3.8) is 0 Å². The number of carbonyl (C=O) groups is 2. The molecule has 6 heteroatoms. The van der Waals surface area contributed by atoms with Crippen LogP contribution in [0.5, 0.6) is 0 Å². The molecule has 2 aromatic carbocycles. The molecule has 0 N–H and O–H groups in total. The van der Waals surface area contributed by atoms with Gasteiger partial charge in [0.05, 0.1) is 22.9 Å². The van der Waals surface area contributed by atoms with Crippen LogP contribution in [0.1, 0.15) is 22.8 Å². The minimum atomic E-state index is -0.668. The zero-order valence-electron chi connectivity index (χ0n) is 13.9. The molecule has 0 bridgehead atoms. The summed E-state index contributed by atoms with van der Waals surface area (Å²) in [6, 6.07) is 12.6. The summed E-state index contributed by atoms with van der Waals surface area (Å²) >= 11 is 0. The molecule has 1 heterocycles. The molecule has 1 atom stereocenters. The molecule has 0 saturated carbocycles. The van der Waals surface area contributed by atoms with Gasteiger partial charge in [0.25, 0.3) is 5.91 Å². The van der Waals surface area contributed by atoms with Crippen LogP contribution in [-0.4, -0.2) is 25.4 Å². The van der Waals surface area contributed by atoms with Crippen molar-refractivity contribution in [3.8, 4) is 6.07 Å². The first-order chi connectivity index (χ1) is 11.9. The van der Waals surface area contributed by atoms with Gasteiger partial charge in [-0.3, -0.25) is 9.59 Å². The average molecular weight is 337 g/mol. The van der Waals surface area contributed by atoms with Crippen LogP contribution in [-0.2, 0) is 4.79 Å². The highest BCUT2D eigenvalue weighted by Crippen LogP contribution is 2.34. The summed E-state index contributed by atoms with van der Waals surface area (Å²) in [7, 11) is 1.68. The monoisotopic (exact) mass is 337 g/mol. The summed E-state index contributed by atoms with van der Waals surface area (Å²) in [5.41, 5.74) is 1.26. The lowest BCUT2D eigenvalue weighted by Crippen LogP contribution is -2.37. The molecule has 5 nitrogen and oxygen atoms in total. The zero-order chi connectivity index (χ0) is 18.1. The minimum absolute atomic E-state index is 0.0837. The van der Waals surface area contributed by atoms with Crippen molar-refractivity contribution in [1.29, 1.82) is 5.26 Å². The predicted molar refractivity (Wildman–Crippen MR) is 91.8 cm³/mol. The quantitative estimate of drug-likeness (QED) is 0.804. The Balaban J connectivity index is 2.09. The van der Waals surface area contributed by atoms with E-state index in [0.29, 0.717) is 11.4 Å². The van der Waals surface area contributed by atoms with Crippen LogP contribution < -0.4 is 9.80 Å². The van der Waals surface area contributed by atoms with E-state index in [0.717, 1.165) is 6.07 Å². The molecule has 2 amide bonds. The number of fused-ring (bicyclic) bond motifs is 1. The molecule has 0 saturated heterocycles. The Hall–Kier alpha value is -3.20. The molecule has 0 aliphatic carbocycles. The smallest absolute Gasteiger partial charge is 0.258 e. The van der Waals surface area contributed by atoms with Gasteiger partial charge in [0.2, 0.25) is 5.91 Å². The summed E-state index contributed by atoms with van der Waals surface area (Å²) in [6.07, 6.45) is 0. The first-order valence-corrected chi connectivity index (χ1v) is 7.82. The van der Waals surface area contributed by atoms with Gasteiger partial charge in [-0.15, -0.1) is 0 Å². The molecule has 0 spiro atoms. The zero-order valence-corrected chi connectivity index (χ0v) is 13.9. The SMILES string of the molecule is CC1CN(C(=O)c2ccc(F)c(C#N)c2)c2ccccc2N(C)C1=O. The number of nitrogens with zero attached hydrogens (tertiary/aromatic N) is 3. The van der Waals surface area contributed by atoms with Crippen LogP contribution in [0, 0.1) is 23.1 Å². The van der Waals surface area contributed by atoms with Crippen molar-refractivity contribution in [3.05, 3.63) is 59.4 Å². The third-order valence-corrected chi connectivity index (χ3v) is 4.32. The lowest BCUT2D eigenvalue weighted by molar-refractivity contribution is -0.121. The van der Waals surface area contributed by atoms with E-state index in [2.05, 4.69) is 0 Å². The van der Waals surface area contributed by atoms with Crippen LogP contribution in [0.3, 0.4) is 0 Å². The maximum atomic E-state index is 13.5. The fourth-order valence-corrected chi connectivity index (χ4v) is 2.97. The number of amides is 2. The Labute approximate surface area is 144 Å². The lowest BCUT2D eigenvalue weighted by atomic mass is 10.1. The van der Waals surface area contributed by atoms with Crippen molar-refractivity contribution in [2.24, 2.45) is 5.92 Å². The summed E-state index contributed by atoms with van der Waals surface area (Å²) in [4.78, 5) is 28.5. The van der Waals surface area contributed by atoms with Gasteiger partial charge in [0.1, 0.15) is 11.9 Å². The number of hydrogen-bond donors (Lipinski definition) is 0. The molecular formula is C19H16FN3O2. The van der Waals surface area contributed by atoms with Crippen LogP contribution in [0.2, 0.25) is 0 Å². The first kappa shape index (κ1) is 16.7. The first-order valence-electron chi connectivity index (χ1n) is 7.82. The highest BCUT2D eigenvalue weighted by molar-refractivity contribution is 6.11. The second kappa shape index (κ2) is 6.36. The number of carbonyl (C=O) groups excluding carboxylic acids is 2. The fraction of sp³-hybridized carbons (Fsp3) is 0.211. The van der Waals surface area contributed by atoms with Crippen LogP contribution in [0.25, 0.3) is 0 Å². The van der Waals surface area contributed by atoms with Crippen LogP contribution >= 0.6 is 0 Å². The van der Waals surface area contributed by atoms with E-state index < -0.39 is 11.7 Å². The normalized spacial score (nSPS) is 16.9. The van der Waals surface area contributed by atoms with E-state index in [9.17, 15) is 14.0 Å². The Bertz CT molecular complexity index is 904. The van der Waals surface area contributed by atoms with Crippen molar-refractivity contribution in [2.45, 2.75) is 6.92 Å². The number of halogens is 1. The number of hydrogen-bond acceptors (Lipinski definition) is 3. The Kier molecular flexibility index (Phi) is 4.24. The fourth-order valence-electron chi connectivity index (χ4n) is 2.97. The molecule has 0 aromatic heterocycles. The van der Waals surface area contributed by atoms with Crippen molar-refractivity contribution in [2.75, 3.05) is 23.4 Å². The van der Waals surface area contributed by atoms with Gasteiger partial charge in [-0.25, -0.2) is 4.39 Å². The van der Waals surface area contributed by atoms with E-state index in [-0.39, 0.29) is 29.5 Å². The van der Waals surface area contributed by atoms with E-state index >= 15 is 0 Å². The number of benzene rings is 2. The second-order valence-corrected chi connectivity index (χ2v) is 6.01. The van der Waals surface area contributed by atoms with E-state index in [4.69, 9.17) is 5.26 Å². The molecule has 2 aromatic rings. The van der Waals surface area contributed by atoms with Gasteiger partial charge in [-0.2, -0.15) is 5.26 Å². The standard InChI is InChI=1S/C19H16FN3O2/c1-12-11-23(17-6-4-3-5-16(17)22(2)18(12)24)19(25)13-7-8-15(20)14(9-13)10-21/h3-9,12H,11H2,1-2H3. The van der Waals surface area contributed by atoms with Crippen molar-refractivity contribution in [1.82, 2.24) is 0 Å². The van der Waals surface area contributed by atoms with E-state index in [1.54, 1.807) is 49.2 Å². The molecule has 1 unspecified atom stereocenters. The Morgan fingerprint density at radius 2 is 1.92 bits per heavy atom. The predicted octanol–water partition coefficient (Wildman–Crippen LogP) is 2.96. The highest BCUT2D eigenvalue weighted by Gasteiger charge is 2.32.